The Bertz CT molecular complexity index is 1050. The van der Waals surface area contributed by atoms with E-state index >= 15 is 0 Å². The summed E-state index contributed by atoms with van der Waals surface area (Å²) in [6, 6.07) is 14.3. The highest BCUT2D eigenvalue weighted by atomic mass is 32.1. The second-order valence-electron chi connectivity index (χ2n) is 5.93. The lowest BCUT2D eigenvalue weighted by atomic mass is 9.96. The van der Waals surface area contributed by atoms with E-state index < -0.39 is 5.97 Å². The van der Waals surface area contributed by atoms with Crippen LogP contribution in [0.1, 0.15) is 28.5 Å². The van der Waals surface area contributed by atoms with Gasteiger partial charge in [0.15, 0.2) is 0 Å². The van der Waals surface area contributed by atoms with Crippen LogP contribution in [0.25, 0.3) is 11.1 Å². The molecule has 0 radical (unpaired) electrons. The molecule has 1 heterocycles. The van der Waals surface area contributed by atoms with Crippen molar-refractivity contribution in [3.63, 3.8) is 0 Å². The van der Waals surface area contributed by atoms with Gasteiger partial charge in [0.1, 0.15) is 0 Å². The van der Waals surface area contributed by atoms with E-state index in [1.165, 1.54) is 11.3 Å². The molecule has 0 aliphatic heterocycles. The number of benzene rings is 2. The van der Waals surface area contributed by atoms with E-state index in [9.17, 15) is 14.7 Å². The van der Waals surface area contributed by atoms with Crippen LogP contribution < -0.4 is 5.43 Å². The molecule has 0 saturated heterocycles. The molecule has 8 heteroatoms. The number of esters is 1. The number of carboxylic acid groups (broad SMARTS) is 1. The smallest absolute Gasteiger partial charge is 0.336 e. The van der Waals surface area contributed by atoms with E-state index in [4.69, 9.17) is 4.74 Å². The summed E-state index contributed by atoms with van der Waals surface area (Å²) in [6.07, 6.45) is 1.73. The molecule has 0 spiro atoms. The Kier molecular flexibility index (Phi) is 6.70. The standard InChI is InChI=1S/C21H19N3O4S/c1-2-28-19(25)11-15-13-29-21(23-15)24-22-12-14-7-3-4-8-16(14)17-9-5-6-10-18(17)20(26)27/h3-10,12-13H,2,11H2,1H3,(H,23,24)(H,26,27). The third kappa shape index (κ3) is 5.26. The van der Waals surface area contributed by atoms with Crippen LogP contribution in [0.3, 0.4) is 0 Å². The molecule has 29 heavy (non-hydrogen) atoms. The van der Waals surface area contributed by atoms with Crippen molar-refractivity contribution in [2.45, 2.75) is 13.3 Å². The zero-order valence-corrected chi connectivity index (χ0v) is 16.5. The molecule has 2 N–H and O–H groups in total. The summed E-state index contributed by atoms with van der Waals surface area (Å²) in [5.74, 6) is -1.30. The number of aromatic carboxylic acids is 1. The van der Waals surface area contributed by atoms with Gasteiger partial charge in [-0.15, -0.1) is 11.3 Å². The number of rotatable bonds is 8. The van der Waals surface area contributed by atoms with Gasteiger partial charge in [0.05, 0.1) is 30.5 Å². The topological polar surface area (TPSA) is 101 Å². The second kappa shape index (κ2) is 9.61. The summed E-state index contributed by atoms with van der Waals surface area (Å²) in [6.45, 7) is 2.09. The van der Waals surface area contributed by atoms with Crippen LogP contribution in [-0.4, -0.2) is 34.9 Å². The molecule has 0 unspecified atom stereocenters. The number of hydrazone groups is 1. The highest BCUT2D eigenvalue weighted by Gasteiger charge is 2.13. The third-order valence-electron chi connectivity index (χ3n) is 3.95. The van der Waals surface area contributed by atoms with E-state index in [0.717, 1.165) is 11.1 Å². The number of hydrogen-bond acceptors (Lipinski definition) is 7. The molecule has 1 aromatic heterocycles. The first-order valence-corrected chi connectivity index (χ1v) is 9.77. The average molecular weight is 409 g/mol. The summed E-state index contributed by atoms with van der Waals surface area (Å²) in [5.41, 5.74) is 5.82. The van der Waals surface area contributed by atoms with Gasteiger partial charge in [-0.25, -0.2) is 9.78 Å². The fraction of sp³-hybridized carbons (Fsp3) is 0.143. The van der Waals surface area contributed by atoms with Gasteiger partial charge in [-0.1, -0.05) is 42.5 Å². The molecule has 2 aromatic carbocycles. The lowest BCUT2D eigenvalue weighted by Gasteiger charge is -2.09. The number of carbonyl (C=O) groups is 2. The minimum atomic E-state index is -0.984. The van der Waals surface area contributed by atoms with E-state index in [0.29, 0.717) is 23.0 Å². The van der Waals surface area contributed by atoms with E-state index in [2.05, 4.69) is 15.5 Å². The van der Waals surface area contributed by atoms with Crippen molar-refractivity contribution < 1.29 is 19.4 Å². The Labute approximate surface area is 171 Å². The van der Waals surface area contributed by atoms with Crippen molar-refractivity contribution in [2.75, 3.05) is 12.0 Å². The number of ether oxygens (including phenoxy) is 1. The zero-order chi connectivity index (χ0) is 20.6. The quantitative estimate of drug-likeness (QED) is 0.331. The zero-order valence-electron chi connectivity index (χ0n) is 15.7. The third-order valence-corrected chi connectivity index (χ3v) is 4.75. The van der Waals surface area contributed by atoms with Crippen molar-refractivity contribution in [1.82, 2.24) is 4.98 Å². The number of aromatic nitrogens is 1. The molecule has 0 aliphatic carbocycles. The minimum Gasteiger partial charge on any atom is -0.478 e. The number of carboxylic acids is 1. The van der Waals surface area contributed by atoms with Gasteiger partial charge in [-0.2, -0.15) is 5.10 Å². The molecule has 0 amide bonds. The fourth-order valence-corrected chi connectivity index (χ4v) is 3.37. The summed E-state index contributed by atoms with van der Waals surface area (Å²) in [7, 11) is 0. The first-order valence-electron chi connectivity index (χ1n) is 8.89. The first-order chi connectivity index (χ1) is 14.1. The lowest BCUT2D eigenvalue weighted by Crippen LogP contribution is -2.07. The minimum absolute atomic E-state index is 0.116. The van der Waals surface area contributed by atoms with Crippen LogP contribution in [0.4, 0.5) is 5.13 Å². The summed E-state index contributed by atoms with van der Waals surface area (Å²) >= 11 is 1.33. The average Bonchev–Trinajstić information content (AvgIpc) is 3.15. The van der Waals surface area contributed by atoms with Crippen LogP contribution in [0, 0.1) is 0 Å². The molecule has 0 aliphatic rings. The SMILES string of the molecule is CCOC(=O)Cc1csc(NN=Cc2ccccc2-c2ccccc2C(=O)O)n1. The van der Waals surface area contributed by atoms with Crippen molar-refractivity contribution in [3.8, 4) is 11.1 Å². The molecular formula is C21H19N3O4S. The van der Waals surface area contributed by atoms with E-state index in [-0.39, 0.29) is 18.0 Å². The maximum atomic E-state index is 11.5. The normalized spacial score (nSPS) is 10.8. The van der Waals surface area contributed by atoms with Crippen LogP contribution in [0.15, 0.2) is 59.0 Å². The predicted molar refractivity (Wildman–Crippen MR) is 113 cm³/mol. The number of nitrogens with one attached hydrogen (secondary N) is 1. The molecule has 148 valence electrons. The van der Waals surface area contributed by atoms with Gasteiger partial charge in [-0.3, -0.25) is 10.2 Å². The van der Waals surface area contributed by atoms with Gasteiger partial charge in [-0.05, 0) is 24.1 Å². The van der Waals surface area contributed by atoms with Crippen molar-refractivity contribution in [2.24, 2.45) is 5.10 Å². The van der Waals surface area contributed by atoms with Gasteiger partial charge in [0, 0.05) is 10.9 Å². The fourth-order valence-electron chi connectivity index (χ4n) is 2.72. The number of nitrogens with zero attached hydrogens (tertiary/aromatic N) is 2. The largest absolute Gasteiger partial charge is 0.478 e. The Morgan fingerprint density at radius 1 is 1.17 bits per heavy atom. The molecule has 7 nitrogen and oxygen atoms in total. The van der Waals surface area contributed by atoms with Gasteiger partial charge in [0.2, 0.25) is 5.13 Å². The monoisotopic (exact) mass is 409 g/mol. The maximum Gasteiger partial charge on any atom is 0.336 e. The van der Waals surface area contributed by atoms with Crippen molar-refractivity contribution >= 4 is 34.6 Å². The second-order valence-corrected chi connectivity index (χ2v) is 6.79. The summed E-state index contributed by atoms with van der Waals surface area (Å²) < 4.78 is 4.91. The summed E-state index contributed by atoms with van der Waals surface area (Å²) in [4.78, 5) is 27.4. The summed E-state index contributed by atoms with van der Waals surface area (Å²) in [5, 5.41) is 16.0. The Balaban J connectivity index is 1.76. The van der Waals surface area contributed by atoms with Crippen LogP contribution in [0.2, 0.25) is 0 Å². The molecular weight excluding hydrogens is 390 g/mol. The highest BCUT2D eigenvalue weighted by Crippen LogP contribution is 2.26. The predicted octanol–water partition coefficient (Wildman–Crippen LogP) is 4.06. The van der Waals surface area contributed by atoms with E-state index in [1.807, 2.05) is 24.3 Å². The molecule has 0 bridgehead atoms. The maximum absolute atomic E-state index is 11.5. The van der Waals surface area contributed by atoms with Crippen molar-refractivity contribution in [1.29, 1.82) is 0 Å². The molecule has 0 saturated carbocycles. The van der Waals surface area contributed by atoms with Gasteiger partial charge < -0.3 is 9.84 Å². The Morgan fingerprint density at radius 2 is 1.90 bits per heavy atom. The Morgan fingerprint density at radius 3 is 2.66 bits per heavy atom. The lowest BCUT2D eigenvalue weighted by molar-refractivity contribution is -0.142. The number of thiazole rings is 1. The molecule has 3 rings (SSSR count). The van der Waals surface area contributed by atoms with Gasteiger partial charge in [0.25, 0.3) is 0 Å². The highest BCUT2D eigenvalue weighted by molar-refractivity contribution is 7.13. The number of hydrogen-bond donors (Lipinski definition) is 2. The van der Waals surface area contributed by atoms with Crippen LogP contribution in [0.5, 0.6) is 0 Å². The molecule has 0 atom stereocenters. The number of carbonyl (C=O) groups excluding carboxylic acids is 1. The Hall–Kier alpha value is -3.52. The molecule has 0 fully saturated rings. The van der Waals surface area contributed by atoms with Crippen molar-refractivity contribution in [3.05, 3.63) is 70.7 Å². The number of anilines is 1. The molecule has 3 aromatic rings. The van der Waals surface area contributed by atoms with Crippen LogP contribution in [-0.2, 0) is 16.0 Å². The van der Waals surface area contributed by atoms with E-state index in [1.54, 1.807) is 42.8 Å². The first kappa shape index (κ1) is 20.2. The van der Waals surface area contributed by atoms with Crippen LogP contribution >= 0.6 is 11.3 Å². The van der Waals surface area contributed by atoms with Gasteiger partial charge >= 0.3 is 11.9 Å².